The van der Waals surface area contributed by atoms with Gasteiger partial charge in [0.25, 0.3) is 0 Å². The van der Waals surface area contributed by atoms with E-state index in [-0.39, 0.29) is 12.9 Å². The molecule has 0 spiro atoms. The number of aromatic nitrogens is 1. The van der Waals surface area contributed by atoms with E-state index in [1.54, 1.807) is 11.0 Å². The second-order valence-corrected chi connectivity index (χ2v) is 14.0. The molecule has 0 aliphatic carbocycles. The molecule has 0 radical (unpaired) electrons. The summed E-state index contributed by atoms with van der Waals surface area (Å²) in [5.41, 5.74) is 2.15. The van der Waals surface area contributed by atoms with E-state index in [2.05, 4.69) is 73.9 Å². The van der Waals surface area contributed by atoms with Crippen LogP contribution >= 0.6 is 33.9 Å². The molecule has 0 bridgehead atoms. The molecule has 2 aromatic heterocycles. The van der Waals surface area contributed by atoms with Crippen LogP contribution in [0.1, 0.15) is 33.1 Å². The summed E-state index contributed by atoms with van der Waals surface area (Å²) in [5, 5.41) is 4.56. The number of fused-ring (bicyclic) bond motifs is 2. The van der Waals surface area contributed by atoms with Crippen molar-refractivity contribution in [1.29, 1.82) is 0 Å². The van der Waals surface area contributed by atoms with E-state index in [1.807, 2.05) is 42.5 Å². The maximum atomic E-state index is 12.4. The Bertz CT molecular complexity index is 1470. The minimum absolute atomic E-state index is 0.177. The number of pyridine rings is 1. The van der Waals surface area contributed by atoms with E-state index in [1.165, 1.54) is 15.8 Å². The van der Waals surface area contributed by atoms with Crippen LogP contribution in [0.4, 0.5) is 10.5 Å². The van der Waals surface area contributed by atoms with E-state index < -0.39 is 0 Å². The second-order valence-electron chi connectivity index (χ2n) is 10.9. The molecular formula is C33H41IN4O4S. The topological polar surface area (TPSA) is 67.4 Å². The summed E-state index contributed by atoms with van der Waals surface area (Å²) in [5.74, 6) is 1.21. The van der Waals surface area contributed by atoms with Gasteiger partial charge in [0.05, 0.1) is 12.1 Å². The summed E-state index contributed by atoms with van der Waals surface area (Å²) in [7, 11) is 0. The van der Waals surface area contributed by atoms with E-state index >= 15 is 0 Å². The SMILES string of the molecule is CCCN(CC(C)I)C(=O)OCOc1ccc2ccc(OCCCCN3CCN(c4cccc5sccc45)CC3)cc2n1. The molecule has 1 fully saturated rings. The van der Waals surface area contributed by atoms with Crippen molar-refractivity contribution >= 4 is 66.7 Å². The molecule has 1 unspecified atom stereocenters. The minimum atomic E-state index is -0.365. The van der Waals surface area contributed by atoms with Gasteiger partial charge in [0.1, 0.15) is 5.75 Å². The summed E-state index contributed by atoms with van der Waals surface area (Å²) in [4.78, 5) is 23.8. The molecule has 1 aliphatic rings. The van der Waals surface area contributed by atoms with Gasteiger partial charge in [-0.1, -0.05) is 42.5 Å². The molecule has 5 rings (SSSR count). The smallest absolute Gasteiger partial charge is 0.412 e. The number of piperazine rings is 1. The molecule has 0 N–H and O–H groups in total. The fourth-order valence-corrected chi connectivity index (χ4v) is 6.69. The lowest BCUT2D eigenvalue weighted by Crippen LogP contribution is -2.46. The Balaban J connectivity index is 1.02. The highest BCUT2D eigenvalue weighted by Gasteiger charge is 2.19. The molecule has 1 atom stereocenters. The maximum absolute atomic E-state index is 12.4. The number of amides is 1. The Morgan fingerprint density at radius 2 is 1.91 bits per heavy atom. The molecule has 1 amide bonds. The average molecular weight is 717 g/mol. The van der Waals surface area contributed by atoms with Gasteiger partial charge in [0.15, 0.2) is 0 Å². The monoisotopic (exact) mass is 716 g/mol. The van der Waals surface area contributed by atoms with Gasteiger partial charge in [-0.25, -0.2) is 9.78 Å². The number of carbonyl (C=O) groups is 1. The zero-order valence-electron chi connectivity index (χ0n) is 25.0. The fraction of sp³-hybridized carbons (Fsp3) is 0.455. The normalized spacial score (nSPS) is 14.6. The van der Waals surface area contributed by atoms with E-state index in [0.717, 1.165) is 68.6 Å². The van der Waals surface area contributed by atoms with Crippen molar-refractivity contribution in [1.82, 2.24) is 14.8 Å². The number of hydrogen-bond donors (Lipinski definition) is 0. The molecule has 230 valence electrons. The number of rotatable bonds is 14. The third-order valence-electron chi connectivity index (χ3n) is 7.57. The van der Waals surface area contributed by atoms with E-state index in [9.17, 15) is 4.79 Å². The van der Waals surface area contributed by atoms with Gasteiger partial charge in [-0.3, -0.25) is 4.90 Å². The zero-order chi connectivity index (χ0) is 30.0. The number of benzene rings is 2. The number of thiophene rings is 1. The Kier molecular flexibility index (Phi) is 11.6. The quantitative estimate of drug-likeness (QED) is 0.0582. The Morgan fingerprint density at radius 1 is 1.07 bits per heavy atom. The first-order valence-electron chi connectivity index (χ1n) is 15.2. The largest absolute Gasteiger partial charge is 0.494 e. The van der Waals surface area contributed by atoms with Crippen molar-refractivity contribution in [2.45, 2.75) is 37.0 Å². The number of carbonyl (C=O) groups excluding carboxylic acids is 1. The number of unbranched alkanes of at least 4 members (excludes halogenated alkanes) is 1. The van der Waals surface area contributed by atoms with Crippen molar-refractivity contribution < 1.29 is 19.0 Å². The van der Waals surface area contributed by atoms with Crippen LogP contribution in [0.3, 0.4) is 0 Å². The highest BCUT2D eigenvalue weighted by Crippen LogP contribution is 2.31. The third-order valence-corrected chi connectivity index (χ3v) is 8.85. The number of alkyl halides is 1. The Labute approximate surface area is 272 Å². The lowest BCUT2D eigenvalue weighted by atomic mass is 10.2. The molecule has 3 heterocycles. The van der Waals surface area contributed by atoms with Crippen molar-refractivity contribution in [3.05, 3.63) is 60.0 Å². The number of anilines is 1. The molecule has 10 heteroatoms. The van der Waals surface area contributed by atoms with Gasteiger partial charge < -0.3 is 24.0 Å². The molecule has 4 aromatic rings. The van der Waals surface area contributed by atoms with Gasteiger partial charge in [0, 0.05) is 76.5 Å². The molecular weight excluding hydrogens is 675 g/mol. The standard InChI is InChI=1S/C33H41IN4O4S/c1-3-14-38(23-25(2)34)33(39)42-24-41-32-12-10-26-9-11-27(22-29(26)35-32)40-20-5-4-15-36-16-18-37(19-17-36)30-7-6-8-31-28(30)13-21-43-31/h6-13,21-22,25H,3-5,14-20,23-24H2,1-2H3. The van der Waals surface area contributed by atoms with Crippen LogP contribution in [0.5, 0.6) is 11.6 Å². The summed E-state index contributed by atoms with van der Waals surface area (Å²) < 4.78 is 18.8. The van der Waals surface area contributed by atoms with Crippen LogP contribution in [0.15, 0.2) is 60.0 Å². The summed E-state index contributed by atoms with van der Waals surface area (Å²) in [6.45, 7) is 11.3. The van der Waals surface area contributed by atoms with E-state index in [4.69, 9.17) is 14.2 Å². The maximum Gasteiger partial charge on any atom is 0.412 e. The van der Waals surface area contributed by atoms with Crippen molar-refractivity contribution in [2.24, 2.45) is 0 Å². The van der Waals surface area contributed by atoms with Crippen molar-refractivity contribution in [3.8, 4) is 11.6 Å². The lowest BCUT2D eigenvalue weighted by molar-refractivity contribution is 0.0334. The molecule has 8 nitrogen and oxygen atoms in total. The number of nitrogens with zero attached hydrogens (tertiary/aromatic N) is 4. The highest BCUT2D eigenvalue weighted by molar-refractivity contribution is 14.1. The zero-order valence-corrected chi connectivity index (χ0v) is 28.0. The van der Waals surface area contributed by atoms with Gasteiger partial charge in [0.2, 0.25) is 12.7 Å². The van der Waals surface area contributed by atoms with Crippen LogP contribution in [-0.2, 0) is 4.74 Å². The first-order chi connectivity index (χ1) is 21.0. The minimum Gasteiger partial charge on any atom is -0.494 e. The first-order valence-corrected chi connectivity index (χ1v) is 17.3. The molecule has 0 saturated carbocycles. The van der Waals surface area contributed by atoms with Gasteiger partial charge in [-0.05, 0) is 67.6 Å². The summed E-state index contributed by atoms with van der Waals surface area (Å²) >= 11 is 4.12. The lowest BCUT2D eigenvalue weighted by Gasteiger charge is -2.36. The van der Waals surface area contributed by atoms with Crippen LogP contribution in [0.2, 0.25) is 0 Å². The summed E-state index contributed by atoms with van der Waals surface area (Å²) in [6.07, 6.45) is 2.62. The second kappa shape index (κ2) is 15.8. The Hall–Kier alpha value is -2.83. The van der Waals surface area contributed by atoms with Gasteiger partial charge in [-0.15, -0.1) is 11.3 Å². The van der Waals surface area contributed by atoms with Crippen LogP contribution < -0.4 is 14.4 Å². The molecule has 1 aliphatic heterocycles. The van der Waals surface area contributed by atoms with Crippen LogP contribution in [-0.4, -0.2) is 84.0 Å². The number of ether oxygens (including phenoxy) is 3. The van der Waals surface area contributed by atoms with Gasteiger partial charge in [-0.2, -0.15) is 0 Å². The number of hydrogen-bond acceptors (Lipinski definition) is 8. The number of halogens is 1. The fourth-order valence-electron chi connectivity index (χ4n) is 5.40. The predicted octanol–water partition coefficient (Wildman–Crippen LogP) is 7.44. The van der Waals surface area contributed by atoms with Crippen molar-refractivity contribution in [2.75, 3.05) is 64.1 Å². The van der Waals surface area contributed by atoms with Gasteiger partial charge >= 0.3 is 6.09 Å². The van der Waals surface area contributed by atoms with Crippen LogP contribution in [0.25, 0.3) is 21.0 Å². The average Bonchev–Trinajstić information content (AvgIpc) is 3.50. The third kappa shape index (κ3) is 8.86. The summed E-state index contributed by atoms with van der Waals surface area (Å²) in [6, 6.07) is 18.5. The van der Waals surface area contributed by atoms with E-state index in [0.29, 0.717) is 29.5 Å². The first kappa shape index (κ1) is 31.6. The molecule has 43 heavy (non-hydrogen) atoms. The predicted molar refractivity (Wildman–Crippen MR) is 184 cm³/mol. The van der Waals surface area contributed by atoms with Crippen molar-refractivity contribution in [3.63, 3.8) is 0 Å². The molecule has 1 saturated heterocycles. The molecule has 2 aromatic carbocycles. The Morgan fingerprint density at radius 3 is 2.72 bits per heavy atom. The highest BCUT2D eigenvalue weighted by atomic mass is 127. The van der Waals surface area contributed by atoms with Crippen LogP contribution in [0, 0.1) is 0 Å².